The van der Waals surface area contributed by atoms with Crippen molar-refractivity contribution in [1.82, 2.24) is 15.2 Å². The summed E-state index contributed by atoms with van der Waals surface area (Å²) in [5.74, 6) is 0.764. The summed E-state index contributed by atoms with van der Waals surface area (Å²) < 4.78 is 0. The summed E-state index contributed by atoms with van der Waals surface area (Å²) >= 11 is 0. The molecule has 1 aromatic heterocycles. The number of amides is 1. The average molecular weight is 258 g/mol. The summed E-state index contributed by atoms with van der Waals surface area (Å²) in [5, 5.41) is 6.77. The normalized spacial score (nSPS) is 10.5. The lowest BCUT2D eigenvalue weighted by Crippen LogP contribution is -2.27. The molecule has 0 radical (unpaired) electrons. The number of H-pyrrole nitrogens is 1. The lowest BCUT2D eigenvalue weighted by molar-refractivity contribution is 0.0983. The van der Waals surface area contributed by atoms with E-state index < -0.39 is 0 Å². The largest absolute Gasteiger partial charge is 0.309 e. The first-order valence-corrected chi connectivity index (χ1v) is 6.38. The smallest absolute Gasteiger partial charge is 0.297 e. The zero-order valence-corrected chi connectivity index (χ0v) is 11.5. The second-order valence-electron chi connectivity index (χ2n) is 4.56. The molecule has 0 aliphatic heterocycles. The number of hydrogen-bond donors (Lipinski definition) is 1. The van der Waals surface area contributed by atoms with E-state index in [1.165, 1.54) is 0 Å². The SMILES string of the molecule is CCCc1nc(C(=O)N(C)c2cccc(C)c2)n[nH]1. The molecule has 0 unspecified atom stereocenters. The van der Waals surface area contributed by atoms with Crippen molar-refractivity contribution in [3.05, 3.63) is 41.5 Å². The predicted molar refractivity (Wildman–Crippen MR) is 74.3 cm³/mol. The Bertz CT molecular complexity index is 576. The molecule has 0 saturated heterocycles. The number of anilines is 1. The molecule has 0 fully saturated rings. The van der Waals surface area contributed by atoms with Crippen molar-refractivity contribution in [3.63, 3.8) is 0 Å². The van der Waals surface area contributed by atoms with Gasteiger partial charge in [0.05, 0.1) is 0 Å². The van der Waals surface area contributed by atoms with E-state index >= 15 is 0 Å². The molecule has 0 bridgehead atoms. The van der Waals surface area contributed by atoms with Crippen LogP contribution >= 0.6 is 0 Å². The molecule has 0 saturated carbocycles. The molecule has 5 heteroatoms. The van der Waals surface area contributed by atoms with Crippen LogP contribution in [0.25, 0.3) is 0 Å². The molecule has 0 spiro atoms. The Kier molecular flexibility index (Phi) is 3.94. The van der Waals surface area contributed by atoms with Crippen molar-refractivity contribution in [2.45, 2.75) is 26.7 Å². The summed E-state index contributed by atoms with van der Waals surface area (Å²) in [6.07, 6.45) is 1.77. The van der Waals surface area contributed by atoms with Gasteiger partial charge in [-0.1, -0.05) is 19.1 Å². The number of aromatic nitrogens is 3. The Morgan fingerprint density at radius 3 is 2.89 bits per heavy atom. The second-order valence-corrected chi connectivity index (χ2v) is 4.56. The molecule has 19 heavy (non-hydrogen) atoms. The van der Waals surface area contributed by atoms with Gasteiger partial charge in [0.15, 0.2) is 0 Å². The van der Waals surface area contributed by atoms with Gasteiger partial charge < -0.3 is 4.90 Å². The maximum Gasteiger partial charge on any atom is 0.297 e. The molecule has 2 rings (SSSR count). The monoisotopic (exact) mass is 258 g/mol. The van der Waals surface area contributed by atoms with E-state index in [4.69, 9.17) is 0 Å². The Hall–Kier alpha value is -2.17. The highest BCUT2D eigenvalue weighted by atomic mass is 16.2. The maximum atomic E-state index is 12.3. The van der Waals surface area contributed by atoms with Crippen LogP contribution in [0, 0.1) is 6.92 Å². The van der Waals surface area contributed by atoms with E-state index in [9.17, 15) is 4.79 Å². The minimum atomic E-state index is -0.204. The fraction of sp³-hybridized carbons (Fsp3) is 0.357. The van der Waals surface area contributed by atoms with E-state index in [1.807, 2.05) is 31.2 Å². The molecule has 0 aliphatic rings. The molecule has 1 heterocycles. The van der Waals surface area contributed by atoms with Gasteiger partial charge in [0.2, 0.25) is 5.82 Å². The van der Waals surface area contributed by atoms with Gasteiger partial charge in [-0.15, -0.1) is 5.10 Å². The maximum absolute atomic E-state index is 12.3. The molecule has 0 aliphatic carbocycles. The quantitative estimate of drug-likeness (QED) is 0.915. The molecule has 0 atom stereocenters. The number of nitrogens with one attached hydrogen (secondary N) is 1. The molecule has 5 nitrogen and oxygen atoms in total. The van der Waals surface area contributed by atoms with Crippen LogP contribution in [0.2, 0.25) is 0 Å². The highest BCUT2D eigenvalue weighted by Gasteiger charge is 2.18. The number of benzene rings is 1. The van der Waals surface area contributed by atoms with Crippen LogP contribution in [0.1, 0.15) is 35.4 Å². The summed E-state index contributed by atoms with van der Waals surface area (Å²) in [6.45, 7) is 4.05. The number of aromatic amines is 1. The summed E-state index contributed by atoms with van der Waals surface area (Å²) in [7, 11) is 1.73. The second kappa shape index (κ2) is 5.65. The highest BCUT2D eigenvalue weighted by Crippen LogP contribution is 2.15. The summed E-state index contributed by atoms with van der Waals surface area (Å²) in [4.78, 5) is 18.0. The zero-order valence-electron chi connectivity index (χ0n) is 11.5. The molecule has 1 amide bonds. The average Bonchev–Trinajstić information content (AvgIpc) is 2.86. The van der Waals surface area contributed by atoms with Crippen molar-refractivity contribution in [1.29, 1.82) is 0 Å². The molecular weight excluding hydrogens is 240 g/mol. The lowest BCUT2D eigenvalue weighted by atomic mass is 10.2. The number of hydrogen-bond acceptors (Lipinski definition) is 3. The van der Waals surface area contributed by atoms with Crippen molar-refractivity contribution in [3.8, 4) is 0 Å². The Morgan fingerprint density at radius 2 is 2.21 bits per heavy atom. The van der Waals surface area contributed by atoms with E-state index in [1.54, 1.807) is 11.9 Å². The van der Waals surface area contributed by atoms with E-state index in [0.29, 0.717) is 0 Å². The third-order valence-corrected chi connectivity index (χ3v) is 2.90. The minimum absolute atomic E-state index is 0.204. The standard InChI is InChI=1S/C14H18N4O/c1-4-6-12-15-13(17-16-12)14(19)18(3)11-8-5-7-10(2)9-11/h5,7-9H,4,6H2,1-3H3,(H,15,16,17). The first-order chi connectivity index (χ1) is 9.11. The van der Waals surface area contributed by atoms with Gasteiger partial charge in [-0.25, -0.2) is 4.98 Å². The molecule has 1 N–H and O–H groups in total. The van der Waals surface area contributed by atoms with E-state index in [0.717, 1.165) is 29.9 Å². The van der Waals surface area contributed by atoms with E-state index in [2.05, 4.69) is 22.1 Å². The van der Waals surface area contributed by atoms with Crippen molar-refractivity contribution >= 4 is 11.6 Å². The third-order valence-electron chi connectivity index (χ3n) is 2.90. The molecule has 2 aromatic rings. The fourth-order valence-electron chi connectivity index (χ4n) is 1.84. The van der Waals surface area contributed by atoms with E-state index in [-0.39, 0.29) is 11.7 Å². The number of aryl methyl sites for hydroxylation is 2. The van der Waals surface area contributed by atoms with Crippen LogP contribution in [0.4, 0.5) is 5.69 Å². The Morgan fingerprint density at radius 1 is 1.42 bits per heavy atom. The van der Waals surface area contributed by atoms with Gasteiger partial charge in [0.1, 0.15) is 5.82 Å². The van der Waals surface area contributed by atoms with Crippen LogP contribution < -0.4 is 4.90 Å². The predicted octanol–water partition coefficient (Wildman–Crippen LogP) is 2.34. The van der Waals surface area contributed by atoms with Crippen molar-refractivity contribution in [2.24, 2.45) is 0 Å². The van der Waals surface area contributed by atoms with Crippen LogP contribution in [0.15, 0.2) is 24.3 Å². The lowest BCUT2D eigenvalue weighted by Gasteiger charge is -2.15. The van der Waals surface area contributed by atoms with Gasteiger partial charge in [-0.2, -0.15) is 0 Å². The van der Waals surface area contributed by atoms with Crippen LogP contribution in [-0.2, 0) is 6.42 Å². The van der Waals surface area contributed by atoms with Crippen LogP contribution in [-0.4, -0.2) is 28.1 Å². The molecule has 1 aromatic carbocycles. The number of nitrogens with zero attached hydrogens (tertiary/aromatic N) is 3. The fourth-order valence-corrected chi connectivity index (χ4v) is 1.84. The van der Waals surface area contributed by atoms with Gasteiger partial charge in [-0.05, 0) is 31.0 Å². The Labute approximate surface area is 112 Å². The van der Waals surface area contributed by atoms with Crippen LogP contribution in [0.5, 0.6) is 0 Å². The van der Waals surface area contributed by atoms with Gasteiger partial charge in [0, 0.05) is 19.2 Å². The molecule has 100 valence electrons. The third kappa shape index (κ3) is 2.99. The Balaban J connectivity index is 2.18. The van der Waals surface area contributed by atoms with Gasteiger partial charge in [-0.3, -0.25) is 9.89 Å². The van der Waals surface area contributed by atoms with Gasteiger partial charge >= 0.3 is 0 Å². The summed E-state index contributed by atoms with van der Waals surface area (Å²) in [6, 6.07) is 7.77. The molecular formula is C14H18N4O. The first kappa shape index (κ1) is 13.3. The topological polar surface area (TPSA) is 61.9 Å². The van der Waals surface area contributed by atoms with Crippen molar-refractivity contribution < 1.29 is 4.79 Å². The number of carbonyl (C=O) groups is 1. The summed E-state index contributed by atoms with van der Waals surface area (Å²) in [5.41, 5.74) is 1.95. The first-order valence-electron chi connectivity index (χ1n) is 6.38. The van der Waals surface area contributed by atoms with Crippen LogP contribution in [0.3, 0.4) is 0 Å². The van der Waals surface area contributed by atoms with Gasteiger partial charge in [0.25, 0.3) is 5.91 Å². The minimum Gasteiger partial charge on any atom is -0.309 e. The zero-order chi connectivity index (χ0) is 13.8. The highest BCUT2D eigenvalue weighted by molar-refractivity contribution is 6.03. The van der Waals surface area contributed by atoms with Crippen molar-refractivity contribution in [2.75, 3.05) is 11.9 Å². The number of rotatable bonds is 4. The number of carbonyl (C=O) groups excluding carboxylic acids is 1.